The van der Waals surface area contributed by atoms with Crippen LogP contribution in [0.2, 0.25) is 30.7 Å². The normalized spacial score (nSPS) is 17.6. The van der Waals surface area contributed by atoms with Gasteiger partial charge in [-0.15, -0.1) is 0 Å². The van der Waals surface area contributed by atoms with E-state index in [0.717, 1.165) is 11.1 Å². The van der Waals surface area contributed by atoms with E-state index < -0.39 is 16.1 Å². The summed E-state index contributed by atoms with van der Waals surface area (Å²) >= 11 is 0. The van der Waals surface area contributed by atoms with E-state index in [-0.39, 0.29) is 0 Å². The highest BCUT2D eigenvalue weighted by molar-refractivity contribution is 7.15. The topological polar surface area (TPSA) is 0 Å². The van der Waals surface area contributed by atoms with Crippen LogP contribution in [0.1, 0.15) is 38.8 Å². The average Bonchev–Trinajstić information content (AvgIpc) is 2.63. The van der Waals surface area contributed by atoms with Crippen molar-refractivity contribution in [3.05, 3.63) is 34.1 Å². The van der Waals surface area contributed by atoms with E-state index in [1.54, 1.807) is 5.19 Å². The molecule has 0 saturated heterocycles. The Morgan fingerprint density at radius 3 is 1.95 bits per heavy atom. The Bertz CT molecular complexity index is 537. The molecule has 1 aromatic rings. The van der Waals surface area contributed by atoms with Crippen LogP contribution in [0.3, 0.4) is 0 Å². The summed E-state index contributed by atoms with van der Waals surface area (Å²) in [4.78, 5) is 1.88. The van der Waals surface area contributed by atoms with Crippen molar-refractivity contribution < 1.29 is 0 Å². The van der Waals surface area contributed by atoms with E-state index in [1.807, 2.05) is 4.82 Å². The van der Waals surface area contributed by atoms with Crippen LogP contribution in [0.5, 0.6) is 0 Å². The molecule has 0 atom stereocenters. The van der Waals surface area contributed by atoms with Crippen LogP contribution in [-0.2, 0) is 0 Å². The minimum absolute atomic E-state index is 0.782. The molecule has 0 bridgehead atoms. The van der Waals surface area contributed by atoms with Crippen LogP contribution in [-0.4, -0.2) is 16.1 Å². The van der Waals surface area contributed by atoms with Crippen LogP contribution in [0.25, 0.3) is 6.08 Å². The van der Waals surface area contributed by atoms with Gasteiger partial charge in [0.05, 0.1) is 8.07 Å². The van der Waals surface area contributed by atoms with Gasteiger partial charge in [-0.1, -0.05) is 82.0 Å². The quantitative estimate of drug-likeness (QED) is 0.666. The summed E-state index contributed by atoms with van der Waals surface area (Å²) in [5.41, 5.74) is 4.50. The molecule has 0 radical (unpaired) electrons. The smallest absolute Gasteiger partial charge is 0.0851 e. The Hall–Kier alpha value is -0.606. The highest BCUT2D eigenvalue weighted by Gasteiger charge is 2.51. The maximum atomic E-state index is 2.60. The van der Waals surface area contributed by atoms with Gasteiger partial charge < -0.3 is 0 Å². The predicted octanol–water partition coefficient (Wildman–Crippen LogP) is 5.28. The fraction of sp³-hybridized carbons (Fsp3) is 0.556. The van der Waals surface area contributed by atoms with Crippen molar-refractivity contribution in [3.63, 3.8) is 0 Å². The highest BCUT2D eigenvalue weighted by Crippen LogP contribution is 2.46. The van der Waals surface area contributed by atoms with Crippen LogP contribution in [0.15, 0.2) is 23.0 Å². The second-order valence-electron chi connectivity index (χ2n) is 8.08. The van der Waals surface area contributed by atoms with Gasteiger partial charge in [-0.25, -0.2) is 0 Å². The first-order valence-corrected chi connectivity index (χ1v) is 13.6. The molecule has 0 N–H and O–H groups in total. The monoisotopic (exact) mass is 302 g/mol. The van der Waals surface area contributed by atoms with Gasteiger partial charge >= 0.3 is 0 Å². The summed E-state index contributed by atoms with van der Waals surface area (Å²) in [6.07, 6.45) is 2.60. The second-order valence-corrected chi connectivity index (χ2v) is 18.7. The van der Waals surface area contributed by atoms with Crippen LogP contribution in [0, 0.1) is 6.92 Å². The first-order chi connectivity index (χ1) is 9.11. The zero-order chi connectivity index (χ0) is 15.3. The summed E-state index contributed by atoms with van der Waals surface area (Å²) in [7, 11) is -2.85. The molecule has 2 heteroatoms. The van der Waals surface area contributed by atoms with Gasteiger partial charge in [0.2, 0.25) is 0 Å². The molecule has 20 heavy (non-hydrogen) atoms. The minimum Gasteiger partial charge on any atom is -0.0851 e. The first kappa shape index (κ1) is 15.8. The molecule has 0 aromatic heterocycles. The van der Waals surface area contributed by atoms with Crippen LogP contribution >= 0.6 is 0 Å². The fourth-order valence-electron chi connectivity index (χ4n) is 4.35. The highest BCUT2D eigenvalue weighted by atomic mass is 28.4. The largest absolute Gasteiger partial charge is 0.115 e. The number of aryl methyl sites for hydroxylation is 1. The Morgan fingerprint density at radius 2 is 1.50 bits per heavy atom. The van der Waals surface area contributed by atoms with Crippen molar-refractivity contribution in [2.24, 2.45) is 0 Å². The maximum absolute atomic E-state index is 2.60. The second kappa shape index (κ2) is 4.99. The molecule has 0 amide bonds. The molecule has 1 aliphatic heterocycles. The van der Waals surface area contributed by atoms with Crippen molar-refractivity contribution in [2.45, 2.75) is 65.3 Å². The van der Waals surface area contributed by atoms with Gasteiger partial charge in [0.1, 0.15) is 8.07 Å². The zero-order valence-electron chi connectivity index (χ0n) is 14.5. The molecule has 0 aliphatic carbocycles. The lowest BCUT2D eigenvalue weighted by Crippen LogP contribution is -2.58. The van der Waals surface area contributed by atoms with Crippen molar-refractivity contribution in [2.75, 3.05) is 0 Å². The summed E-state index contributed by atoms with van der Waals surface area (Å²) in [6, 6.07) is 7.20. The molecule has 1 aliphatic rings. The van der Waals surface area contributed by atoms with E-state index in [0.29, 0.717) is 0 Å². The standard InChI is InChI=1S/C18H30Si2/c1-13(2)20(14(3)4)17-10-9-15(5)11-16(17)12-18(20)19(6,7)8/h9-14H,1-8H3. The number of benzene rings is 1. The molecule has 1 aromatic carbocycles. The maximum Gasteiger partial charge on any atom is 0.115 e. The average molecular weight is 303 g/mol. The van der Waals surface area contributed by atoms with Crippen LogP contribution < -0.4 is 5.19 Å². The lowest BCUT2D eigenvalue weighted by molar-refractivity contribution is 0.925. The summed E-state index contributed by atoms with van der Waals surface area (Å²) < 4.78 is 0. The van der Waals surface area contributed by atoms with Gasteiger partial charge in [-0.2, -0.15) is 0 Å². The van der Waals surface area contributed by atoms with E-state index in [4.69, 9.17) is 0 Å². The fourth-order valence-corrected chi connectivity index (χ4v) is 17.5. The molecule has 0 saturated carbocycles. The van der Waals surface area contributed by atoms with Gasteiger partial charge in [0, 0.05) is 0 Å². The molecule has 1 heterocycles. The van der Waals surface area contributed by atoms with Crippen molar-refractivity contribution in [3.8, 4) is 0 Å². The van der Waals surface area contributed by atoms with E-state index in [1.165, 1.54) is 11.1 Å². The molecular weight excluding hydrogens is 272 g/mol. The van der Waals surface area contributed by atoms with Crippen LogP contribution in [0.4, 0.5) is 0 Å². The van der Waals surface area contributed by atoms with Crippen molar-refractivity contribution >= 4 is 27.4 Å². The molecule has 0 nitrogen and oxygen atoms in total. The summed E-state index contributed by atoms with van der Waals surface area (Å²) in [5, 5.41) is 1.71. The van der Waals surface area contributed by atoms with E-state index in [9.17, 15) is 0 Å². The molecule has 0 unspecified atom stereocenters. The molecular formula is C18H30Si2. The summed E-state index contributed by atoms with van der Waals surface area (Å²) in [6.45, 7) is 19.7. The van der Waals surface area contributed by atoms with Gasteiger partial charge in [-0.05, 0) is 28.8 Å². The molecule has 0 fully saturated rings. The number of hydrogen-bond donors (Lipinski definition) is 0. The third-order valence-corrected chi connectivity index (χ3v) is 16.3. The lowest BCUT2D eigenvalue weighted by Gasteiger charge is -2.44. The van der Waals surface area contributed by atoms with E-state index >= 15 is 0 Å². The Labute approximate surface area is 127 Å². The Kier molecular flexibility index (Phi) is 3.94. The van der Waals surface area contributed by atoms with Gasteiger partial charge in [0.25, 0.3) is 0 Å². The molecule has 2 rings (SSSR count). The molecule has 0 spiro atoms. The molecule has 110 valence electrons. The van der Waals surface area contributed by atoms with E-state index in [2.05, 4.69) is 78.5 Å². The minimum atomic E-state index is -1.57. The van der Waals surface area contributed by atoms with Gasteiger partial charge in [0.15, 0.2) is 0 Å². The number of fused-ring (bicyclic) bond motifs is 1. The zero-order valence-corrected chi connectivity index (χ0v) is 16.5. The lowest BCUT2D eigenvalue weighted by atomic mass is 10.1. The third-order valence-electron chi connectivity index (χ3n) is 5.03. The predicted molar refractivity (Wildman–Crippen MR) is 98.1 cm³/mol. The van der Waals surface area contributed by atoms with Crippen molar-refractivity contribution in [1.82, 2.24) is 0 Å². The van der Waals surface area contributed by atoms with Crippen molar-refractivity contribution in [1.29, 1.82) is 0 Å². The Balaban J connectivity index is 2.79. The number of hydrogen-bond acceptors (Lipinski definition) is 0. The SMILES string of the molecule is Cc1ccc2c(c1)C=C([Si](C)(C)C)[Si]2(C(C)C)C(C)C. The first-order valence-electron chi connectivity index (χ1n) is 7.95. The number of rotatable bonds is 3. The summed E-state index contributed by atoms with van der Waals surface area (Å²) in [5.74, 6) is 0. The Morgan fingerprint density at radius 1 is 0.950 bits per heavy atom. The van der Waals surface area contributed by atoms with Gasteiger partial charge in [-0.3, -0.25) is 0 Å². The third kappa shape index (κ3) is 2.17.